The van der Waals surface area contributed by atoms with Gasteiger partial charge in [-0.15, -0.1) is 12.4 Å². The van der Waals surface area contributed by atoms with Gasteiger partial charge in [0, 0.05) is 13.0 Å². The molecule has 0 fully saturated rings. The van der Waals surface area contributed by atoms with E-state index in [0.717, 1.165) is 18.4 Å². The van der Waals surface area contributed by atoms with Crippen LogP contribution in [0.2, 0.25) is 0 Å². The molecule has 120 valence electrons. The highest BCUT2D eigenvalue weighted by molar-refractivity contribution is 5.85. The molecule has 1 aromatic rings. The number of nitrogens with one attached hydrogen (secondary N) is 1. The van der Waals surface area contributed by atoms with Crippen LogP contribution in [0.3, 0.4) is 0 Å². The number of rotatable bonds is 9. The van der Waals surface area contributed by atoms with E-state index in [1.165, 1.54) is 12.1 Å². The van der Waals surface area contributed by atoms with Gasteiger partial charge in [0.15, 0.2) is 0 Å². The first kappa shape index (κ1) is 19.6. The van der Waals surface area contributed by atoms with Crippen molar-refractivity contribution < 1.29 is 18.3 Å². The zero-order valence-corrected chi connectivity index (χ0v) is 12.5. The third kappa shape index (κ3) is 9.20. The molecule has 7 heteroatoms. The average molecular weight is 323 g/mol. The summed E-state index contributed by atoms with van der Waals surface area (Å²) >= 11 is 0. The number of carbonyl (C=O) groups is 1. The second-order valence-electron chi connectivity index (χ2n) is 4.37. The first-order chi connectivity index (χ1) is 9.61. The van der Waals surface area contributed by atoms with Crippen LogP contribution in [0.15, 0.2) is 24.3 Å². The Kier molecular flexibility index (Phi) is 10.5. The number of ether oxygens (including phenoxy) is 1. The van der Waals surface area contributed by atoms with Gasteiger partial charge in [0.1, 0.15) is 5.75 Å². The van der Waals surface area contributed by atoms with Gasteiger partial charge in [0.25, 0.3) is 0 Å². The highest BCUT2D eigenvalue weighted by Crippen LogP contribution is 2.15. The maximum Gasteiger partial charge on any atom is 0.387 e. The summed E-state index contributed by atoms with van der Waals surface area (Å²) in [6, 6.07) is 6.31. The molecular weight excluding hydrogens is 302 g/mol. The molecule has 0 atom stereocenters. The summed E-state index contributed by atoms with van der Waals surface area (Å²) < 4.78 is 28.2. The van der Waals surface area contributed by atoms with Crippen molar-refractivity contribution >= 4 is 18.3 Å². The van der Waals surface area contributed by atoms with E-state index in [2.05, 4.69) is 10.1 Å². The third-order valence-corrected chi connectivity index (χ3v) is 2.74. The highest BCUT2D eigenvalue weighted by Gasteiger charge is 2.05. The van der Waals surface area contributed by atoms with Crippen LogP contribution in [0, 0.1) is 0 Å². The molecule has 0 aromatic heterocycles. The second kappa shape index (κ2) is 11.3. The quantitative estimate of drug-likeness (QED) is 0.687. The third-order valence-electron chi connectivity index (χ3n) is 2.74. The van der Waals surface area contributed by atoms with Gasteiger partial charge < -0.3 is 15.8 Å². The number of nitrogens with two attached hydrogens (primary N) is 1. The molecule has 0 aliphatic rings. The Hall–Kier alpha value is -1.40. The van der Waals surface area contributed by atoms with Crippen molar-refractivity contribution in [1.29, 1.82) is 0 Å². The van der Waals surface area contributed by atoms with Gasteiger partial charge >= 0.3 is 6.61 Å². The van der Waals surface area contributed by atoms with E-state index in [-0.39, 0.29) is 24.1 Å². The molecule has 1 amide bonds. The summed E-state index contributed by atoms with van der Waals surface area (Å²) in [5.74, 6) is 0.102. The SMILES string of the molecule is Cl.NCCCCNC(=O)CCc1ccc(OC(F)F)cc1. The fourth-order valence-electron chi connectivity index (χ4n) is 1.68. The maximum absolute atomic E-state index is 12.0. The molecular formula is C14H21ClF2N2O2. The van der Waals surface area contributed by atoms with Crippen LogP contribution >= 0.6 is 12.4 Å². The minimum atomic E-state index is -2.82. The van der Waals surface area contributed by atoms with Crippen molar-refractivity contribution in [2.24, 2.45) is 5.73 Å². The van der Waals surface area contributed by atoms with Crippen molar-refractivity contribution in [3.05, 3.63) is 29.8 Å². The predicted molar refractivity (Wildman–Crippen MR) is 79.9 cm³/mol. The van der Waals surface area contributed by atoms with E-state index in [0.29, 0.717) is 25.9 Å². The Morgan fingerprint density at radius 2 is 1.90 bits per heavy atom. The van der Waals surface area contributed by atoms with Crippen LogP contribution < -0.4 is 15.8 Å². The van der Waals surface area contributed by atoms with Crippen LogP contribution in [-0.4, -0.2) is 25.6 Å². The Bertz CT molecular complexity index is 402. The van der Waals surface area contributed by atoms with Crippen molar-refractivity contribution in [2.75, 3.05) is 13.1 Å². The van der Waals surface area contributed by atoms with E-state index in [9.17, 15) is 13.6 Å². The van der Waals surface area contributed by atoms with Gasteiger partial charge in [-0.25, -0.2) is 0 Å². The fraction of sp³-hybridized carbons (Fsp3) is 0.500. The molecule has 0 radical (unpaired) electrons. The summed E-state index contributed by atoms with van der Waals surface area (Å²) in [7, 11) is 0. The monoisotopic (exact) mass is 322 g/mol. The van der Waals surface area contributed by atoms with Gasteiger partial charge in [0.2, 0.25) is 5.91 Å². The van der Waals surface area contributed by atoms with Gasteiger partial charge in [-0.3, -0.25) is 4.79 Å². The molecule has 4 nitrogen and oxygen atoms in total. The number of unbranched alkanes of at least 4 members (excludes halogenated alkanes) is 1. The molecule has 3 N–H and O–H groups in total. The van der Waals surface area contributed by atoms with Crippen LogP contribution in [0.1, 0.15) is 24.8 Å². The lowest BCUT2D eigenvalue weighted by Gasteiger charge is -2.06. The maximum atomic E-state index is 12.0. The lowest BCUT2D eigenvalue weighted by Crippen LogP contribution is -2.25. The molecule has 0 aliphatic heterocycles. The number of aryl methyl sites for hydroxylation is 1. The summed E-state index contributed by atoms with van der Waals surface area (Å²) in [6.07, 6.45) is 2.71. The normalized spacial score (nSPS) is 10.1. The molecule has 0 aliphatic carbocycles. The fourth-order valence-corrected chi connectivity index (χ4v) is 1.68. The Morgan fingerprint density at radius 3 is 2.48 bits per heavy atom. The summed E-state index contributed by atoms with van der Waals surface area (Å²) in [4.78, 5) is 11.5. The van der Waals surface area contributed by atoms with Crippen molar-refractivity contribution in [1.82, 2.24) is 5.32 Å². The molecule has 0 saturated carbocycles. The van der Waals surface area contributed by atoms with E-state index in [1.807, 2.05) is 0 Å². The van der Waals surface area contributed by atoms with Gasteiger partial charge in [-0.1, -0.05) is 12.1 Å². The Morgan fingerprint density at radius 1 is 1.24 bits per heavy atom. The number of hydrogen-bond acceptors (Lipinski definition) is 3. The van der Waals surface area contributed by atoms with Crippen LogP contribution in [0.5, 0.6) is 5.75 Å². The molecule has 0 spiro atoms. The zero-order chi connectivity index (χ0) is 14.8. The van der Waals surface area contributed by atoms with Crippen LogP contribution in [0.25, 0.3) is 0 Å². The number of alkyl halides is 2. The van der Waals surface area contributed by atoms with Crippen molar-refractivity contribution in [3.8, 4) is 5.75 Å². The van der Waals surface area contributed by atoms with Gasteiger partial charge in [0.05, 0.1) is 0 Å². The molecule has 0 heterocycles. The lowest BCUT2D eigenvalue weighted by molar-refractivity contribution is -0.121. The minimum Gasteiger partial charge on any atom is -0.435 e. The number of benzene rings is 1. The number of carbonyl (C=O) groups excluding carboxylic acids is 1. The molecule has 1 aromatic carbocycles. The van der Waals surface area contributed by atoms with E-state index in [4.69, 9.17) is 5.73 Å². The molecule has 21 heavy (non-hydrogen) atoms. The second-order valence-corrected chi connectivity index (χ2v) is 4.37. The van der Waals surface area contributed by atoms with Gasteiger partial charge in [-0.2, -0.15) is 8.78 Å². The largest absolute Gasteiger partial charge is 0.435 e. The van der Waals surface area contributed by atoms with Crippen LogP contribution in [-0.2, 0) is 11.2 Å². The minimum absolute atomic E-state index is 0. The first-order valence-electron chi connectivity index (χ1n) is 6.62. The average Bonchev–Trinajstić information content (AvgIpc) is 2.42. The smallest absolute Gasteiger partial charge is 0.387 e. The summed E-state index contributed by atoms with van der Waals surface area (Å²) in [6.45, 7) is -1.56. The Labute approximate surface area is 129 Å². The lowest BCUT2D eigenvalue weighted by atomic mass is 10.1. The van der Waals surface area contributed by atoms with Gasteiger partial charge in [-0.05, 0) is 43.5 Å². The standard InChI is InChI=1S/C14H20F2N2O2.ClH/c15-14(16)20-12-6-3-11(4-7-12)5-8-13(19)18-10-2-1-9-17;/h3-4,6-7,14H,1-2,5,8-10,17H2,(H,18,19);1H. The van der Waals surface area contributed by atoms with Crippen molar-refractivity contribution in [2.45, 2.75) is 32.3 Å². The molecule has 0 unspecified atom stereocenters. The number of hydrogen-bond donors (Lipinski definition) is 2. The van der Waals surface area contributed by atoms with Crippen molar-refractivity contribution in [3.63, 3.8) is 0 Å². The first-order valence-corrected chi connectivity index (χ1v) is 6.62. The molecule has 0 saturated heterocycles. The topological polar surface area (TPSA) is 64.3 Å². The zero-order valence-electron chi connectivity index (χ0n) is 11.7. The van der Waals surface area contributed by atoms with Crippen LogP contribution in [0.4, 0.5) is 8.78 Å². The van der Waals surface area contributed by atoms with E-state index < -0.39 is 6.61 Å². The van der Waals surface area contributed by atoms with E-state index >= 15 is 0 Å². The Balaban J connectivity index is 0.00000400. The highest BCUT2D eigenvalue weighted by atomic mass is 35.5. The summed E-state index contributed by atoms with van der Waals surface area (Å²) in [5.41, 5.74) is 6.26. The number of amides is 1. The molecule has 1 rings (SSSR count). The molecule has 0 bridgehead atoms. The number of halogens is 3. The predicted octanol–water partition coefficient (Wildman–Crippen LogP) is 2.50. The van der Waals surface area contributed by atoms with E-state index in [1.54, 1.807) is 12.1 Å². The summed E-state index contributed by atoms with van der Waals surface area (Å²) in [5, 5.41) is 2.81.